The van der Waals surface area contributed by atoms with E-state index < -0.39 is 0 Å². The van der Waals surface area contributed by atoms with Crippen LogP contribution in [0.4, 0.5) is 11.5 Å². The van der Waals surface area contributed by atoms with Gasteiger partial charge < -0.3 is 15.1 Å². The van der Waals surface area contributed by atoms with Gasteiger partial charge in [-0.15, -0.1) is 0 Å². The van der Waals surface area contributed by atoms with Gasteiger partial charge in [-0.3, -0.25) is 9.69 Å². The van der Waals surface area contributed by atoms with E-state index in [0.29, 0.717) is 5.69 Å². The van der Waals surface area contributed by atoms with Gasteiger partial charge in [-0.05, 0) is 36.2 Å². The highest BCUT2D eigenvalue weighted by Crippen LogP contribution is 2.23. The average Bonchev–Trinajstić information content (AvgIpc) is 2.80. The highest BCUT2D eigenvalue weighted by Gasteiger charge is 2.20. The van der Waals surface area contributed by atoms with Gasteiger partial charge in [0.1, 0.15) is 17.8 Å². The first-order chi connectivity index (χ1) is 15.3. The largest absolute Gasteiger partial charge is 0.354 e. The van der Waals surface area contributed by atoms with Crippen molar-refractivity contribution in [2.24, 2.45) is 0 Å². The van der Waals surface area contributed by atoms with Crippen LogP contribution in [0.3, 0.4) is 0 Å². The molecule has 3 rings (SSSR count). The Morgan fingerprint density at radius 3 is 2.28 bits per heavy atom. The number of anilines is 2. The zero-order valence-electron chi connectivity index (χ0n) is 20.3. The Morgan fingerprint density at radius 1 is 1.03 bits per heavy atom. The molecule has 0 unspecified atom stereocenters. The van der Waals surface area contributed by atoms with Crippen molar-refractivity contribution in [1.29, 1.82) is 0 Å². The smallest absolute Gasteiger partial charge is 0.274 e. The van der Waals surface area contributed by atoms with Gasteiger partial charge in [-0.1, -0.05) is 46.8 Å². The van der Waals surface area contributed by atoms with E-state index in [9.17, 15) is 4.79 Å². The molecular formula is C25H38N6O. The molecule has 1 fully saturated rings. The zero-order valence-corrected chi connectivity index (χ0v) is 20.3. The highest BCUT2D eigenvalue weighted by molar-refractivity contribution is 6.03. The van der Waals surface area contributed by atoms with E-state index in [0.717, 1.165) is 63.9 Å². The van der Waals surface area contributed by atoms with Crippen LogP contribution < -0.4 is 10.2 Å². The van der Waals surface area contributed by atoms with Crippen molar-refractivity contribution >= 4 is 17.4 Å². The van der Waals surface area contributed by atoms with Crippen LogP contribution >= 0.6 is 0 Å². The molecule has 1 aliphatic rings. The van der Waals surface area contributed by atoms with Crippen molar-refractivity contribution in [3.8, 4) is 0 Å². The summed E-state index contributed by atoms with van der Waals surface area (Å²) in [6.07, 6.45) is 1.49. The van der Waals surface area contributed by atoms with E-state index in [-0.39, 0.29) is 11.3 Å². The SMILES string of the molecule is CCN(CC)CCN1CCN(c2cc(C(=O)Nc3ccc(C(C)(C)C)cc3)ncn2)CC1. The van der Waals surface area contributed by atoms with Gasteiger partial charge in [0, 0.05) is 51.0 Å². The van der Waals surface area contributed by atoms with Crippen molar-refractivity contribution in [3.63, 3.8) is 0 Å². The van der Waals surface area contributed by atoms with Crippen molar-refractivity contribution in [3.05, 3.63) is 47.9 Å². The molecule has 1 aliphatic heterocycles. The first kappa shape index (κ1) is 24.1. The maximum absolute atomic E-state index is 12.8. The number of hydrogen-bond donors (Lipinski definition) is 1. The summed E-state index contributed by atoms with van der Waals surface area (Å²) in [6, 6.07) is 9.79. The second-order valence-corrected chi connectivity index (χ2v) is 9.40. The number of likely N-dealkylation sites (N-methyl/N-ethyl adjacent to an activating group) is 1. The van der Waals surface area contributed by atoms with Gasteiger partial charge in [0.05, 0.1) is 0 Å². The first-order valence-electron chi connectivity index (χ1n) is 11.7. The van der Waals surface area contributed by atoms with Crippen LogP contribution in [0.15, 0.2) is 36.7 Å². The van der Waals surface area contributed by atoms with Gasteiger partial charge >= 0.3 is 0 Å². The number of nitrogens with one attached hydrogen (secondary N) is 1. The third kappa shape index (κ3) is 6.50. The predicted molar refractivity (Wildman–Crippen MR) is 132 cm³/mol. The number of benzene rings is 1. The fraction of sp³-hybridized carbons (Fsp3) is 0.560. The lowest BCUT2D eigenvalue weighted by Gasteiger charge is -2.36. The van der Waals surface area contributed by atoms with Crippen LogP contribution in [-0.4, -0.2) is 78.0 Å². The molecular weight excluding hydrogens is 400 g/mol. The first-order valence-corrected chi connectivity index (χ1v) is 11.7. The molecule has 174 valence electrons. The summed E-state index contributed by atoms with van der Waals surface area (Å²) in [7, 11) is 0. The Morgan fingerprint density at radius 2 is 1.69 bits per heavy atom. The molecule has 7 nitrogen and oxygen atoms in total. The molecule has 2 aromatic rings. The summed E-state index contributed by atoms with van der Waals surface area (Å²) in [5.41, 5.74) is 2.47. The molecule has 7 heteroatoms. The number of carbonyl (C=O) groups excluding carboxylic acids is 1. The molecule has 0 bridgehead atoms. The lowest BCUT2D eigenvalue weighted by Crippen LogP contribution is -2.48. The van der Waals surface area contributed by atoms with Crippen LogP contribution in [0.2, 0.25) is 0 Å². The molecule has 1 aromatic carbocycles. The number of nitrogens with zero attached hydrogens (tertiary/aromatic N) is 5. The van der Waals surface area contributed by atoms with E-state index in [1.807, 2.05) is 12.1 Å². The molecule has 0 saturated carbocycles. The van der Waals surface area contributed by atoms with Crippen molar-refractivity contribution < 1.29 is 4.79 Å². The topological polar surface area (TPSA) is 64.6 Å². The van der Waals surface area contributed by atoms with Gasteiger partial charge in [0.2, 0.25) is 0 Å². The van der Waals surface area contributed by atoms with Crippen LogP contribution in [0.5, 0.6) is 0 Å². The van der Waals surface area contributed by atoms with Crippen molar-refractivity contribution in [2.45, 2.75) is 40.0 Å². The Labute approximate surface area is 192 Å². The Kier molecular flexibility index (Phi) is 8.21. The molecule has 1 aromatic heterocycles. The summed E-state index contributed by atoms with van der Waals surface area (Å²) < 4.78 is 0. The van der Waals surface area contributed by atoms with E-state index in [1.54, 1.807) is 6.07 Å². The minimum atomic E-state index is -0.213. The van der Waals surface area contributed by atoms with E-state index in [4.69, 9.17) is 0 Å². The highest BCUT2D eigenvalue weighted by atomic mass is 16.1. The lowest BCUT2D eigenvalue weighted by molar-refractivity contribution is 0.102. The van der Waals surface area contributed by atoms with Gasteiger partial charge in [-0.25, -0.2) is 9.97 Å². The zero-order chi connectivity index (χ0) is 23.1. The number of carbonyl (C=O) groups is 1. The molecule has 0 atom stereocenters. The number of rotatable bonds is 8. The minimum absolute atomic E-state index is 0.0828. The average molecular weight is 439 g/mol. The second kappa shape index (κ2) is 10.9. The summed E-state index contributed by atoms with van der Waals surface area (Å²) in [4.78, 5) is 28.6. The molecule has 1 amide bonds. The Bertz CT molecular complexity index is 865. The Balaban J connectivity index is 1.55. The number of aromatic nitrogens is 2. The second-order valence-electron chi connectivity index (χ2n) is 9.40. The number of amides is 1. The molecule has 1 N–H and O–H groups in total. The summed E-state index contributed by atoms with van der Waals surface area (Å²) >= 11 is 0. The Hall–Kier alpha value is -2.51. The van der Waals surface area contributed by atoms with Crippen LogP contribution in [0, 0.1) is 0 Å². The van der Waals surface area contributed by atoms with Crippen LogP contribution in [-0.2, 0) is 5.41 Å². The summed E-state index contributed by atoms with van der Waals surface area (Å²) in [5, 5.41) is 2.95. The normalized spacial score (nSPS) is 15.2. The lowest BCUT2D eigenvalue weighted by atomic mass is 9.87. The molecule has 1 saturated heterocycles. The molecule has 0 radical (unpaired) electrons. The minimum Gasteiger partial charge on any atom is -0.354 e. The van der Waals surface area contributed by atoms with E-state index >= 15 is 0 Å². The fourth-order valence-corrected chi connectivity index (χ4v) is 3.92. The molecule has 32 heavy (non-hydrogen) atoms. The number of hydrogen-bond acceptors (Lipinski definition) is 6. The fourth-order valence-electron chi connectivity index (χ4n) is 3.92. The maximum atomic E-state index is 12.8. The standard InChI is InChI=1S/C25H38N6O/c1-6-29(7-2)12-13-30-14-16-31(17-15-30)23-18-22(26-19-27-23)24(32)28-21-10-8-20(9-11-21)25(3,4)5/h8-11,18-19H,6-7,12-17H2,1-5H3,(H,28,32). The van der Waals surface area contributed by atoms with Crippen LogP contribution in [0.1, 0.15) is 50.7 Å². The third-order valence-electron chi connectivity index (χ3n) is 6.22. The van der Waals surface area contributed by atoms with Crippen LogP contribution in [0.25, 0.3) is 0 Å². The maximum Gasteiger partial charge on any atom is 0.274 e. The van der Waals surface area contributed by atoms with Gasteiger partial charge in [-0.2, -0.15) is 0 Å². The molecule has 0 spiro atoms. The number of piperazine rings is 1. The van der Waals surface area contributed by atoms with E-state index in [1.165, 1.54) is 11.9 Å². The summed E-state index contributed by atoms with van der Waals surface area (Å²) in [5.74, 6) is 0.603. The van der Waals surface area contributed by atoms with Gasteiger partial charge in [0.15, 0.2) is 0 Å². The van der Waals surface area contributed by atoms with Crippen molar-refractivity contribution in [2.75, 3.05) is 62.6 Å². The third-order valence-corrected chi connectivity index (χ3v) is 6.22. The quantitative estimate of drug-likeness (QED) is 0.681. The predicted octanol–water partition coefficient (Wildman–Crippen LogP) is 3.49. The van der Waals surface area contributed by atoms with E-state index in [2.05, 4.69) is 76.7 Å². The molecule has 2 heterocycles. The van der Waals surface area contributed by atoms with Gasteiger partial charge in [0.25, 0.3) is 5.91 Å². The summed E-state index contributed by atoms with van der Waals surface area (Å²) in [6.45, 7) is 19.2. The molecule has 0 aliphatic carbocycles. The van der Waals surface area contributed by atoms with Crippen molar-refractivity contribution in [1.82, 2.24) is 19.8 Å². The monoisotopic (exact) mass is 438 g/mol.